The van der Waals surface area contributed by atoms with Gasteiger partial charge in [0, 0.05) is 12.6 Å². The van der Waals surface area contributed by atoms with Crippen LogP contribution in [0.25, 0.3) is 11.3 Å². The monoisotopic (exact) mass is 287 g/mol. The Morgan fingerprint density at radius 3 is 2.52 bits per heavy atom. The molecule has 0 saturated heterocycles. The average Bonchev–Trinajstić information content (AvgIpc) is 2.88. The molecule has 0 unspecified atom stereocenters. The van der Waals surface area contributed by atoms with E-state index in [-0.39, 0.29) is 0 Å². The Labute approximate surface area is 126 Å². The molecule has 4 nitrogen and oxygen atoms in total. The van der Waals surface area contributed by atoms with Gasteiger partial charge in [-0.2, -0.15) is 0 Å². The Hall–Kier alpha value is -1.84. The van der Waals surface area contributed by atoms with E-state index >= 15 is 0 Å². The molecule has 0 saturated carbocycles. The minimum Gasteiger partial charge on any atom is -0.380 e. The third-order valence-electron chi connectivity index (χ3n) is 3.72. The lowest BCUT2D eigenvalue weighted by Crippen LogP contribution is -1.93. The van der Waals surface area contributed by atoms with Crippen molar-refractivity contribution in [3.05, 3.63) is 30.2 Å². The van der Waals surface area contributed by atoms with Crippen molar-refractivity contribution in [3.63, 3.8) is 0 Å². The van der Waals surface area contributed by atoms with Crippen LogP contribution in [-0.4, -0.2) is 10.1 Å². The minimum absolute atomic E-state index is 0.437. The van der Waals surface area contributed by atoms with Gasteiger partial charge in [0.1, 0.15) is 5.76 Å². The van der Waals surface area contributed by atoms with Crippen LogP contribution in [0.5, 0.6) is 0 Å². The summed E-state index contributed by atoms with van der Waals surface area (Å²) in [5.74, 6) is 1.30. The molecule has 0 spiro atoms. The van der Waals surface area contributed by atoms with E-state index in [1.807, 2.05) is 18.2 Å². The smallest absolute Gasteiger partial charge is 0.176 e. The number of nitrogens with two attached hydrogens (primary N) is 1. The van der Waals surface area contributed by atoms with Gasteiger partial charge in [-0.3, -0.25) is 4.98 Å². The summed E-state index contributed by atoms with van der Waals surface area (Å²) in [6.45, 7) is 2.24. The third-order valence-corrected chi connectivity index (χ3v) is 3.72. The number of nitrogens with zero attached hydrogens (tertiary/aromatic N) is 2. The molecular weight excluding hydrogens is 262 g/mol. The number of hydrogen-bond acceptors (Lipinski definition) is 4. The Morgan fingerprint density at radius 2 is 1.81 bits per heavy atom. The van der Waals surface area contributed by atoms with Crippen molar-refractivity contribution in [1.82, 2.24) is 10.1 Å². The van der Waals surface area contributed by atoms with E-state index in [1.54, 1.807) is 6.20 Å². The molecule has 0 amide bonds. The summed E-state index contributed by atoms with van der Waals surface area (Å²) >= 11 is 0. The van der Waals surface area contributed by atoms with Crippen LogP contribution in [0, 0.1) is 0 Å². The zero-order valence-corrected chi connectivity index (χ0v) is 12.8. The second-order valence-electron chi connectivity index (χ2n) is 5.45. The van der Waals surface area contributed by atoms with Crippen LogP contribution in [0.2, 0.25) is 0 Å². The number of anilines is 1. The van der Waals surface area contributed by atoms with Gasteiger partial charge in [0.25, 0.3) is 0 Å². The van der Waals surface area contributed by atoms with Gasteiger partial charge in [0.05, 0.1) is 11.3 Å². The molecule has 0 aromatic carbocycles. The molecule has 0 radical (unpaired) electrons. The second kappa shape index (κ2) is 8.45. The summed E-state index contributed by atoms with van der Waals surface area (Å²) in [6.07, 6.45) is 11.6. The lowest BCUT2D eigenvalue weighted by molar-refractivity contribution is 0.381. The summed E-state index contributed by atoms with van der Waals surface area (Å²) < 4.78 is 5.38. The van der Waals surface area contributed by atoms with E-state index in [2.05, 4.69) is 17.1 Å². The van der Waals surface area contributed by atoms with Crippen LogP contribution >= 0.6 is 0 Å². The molecule has 0 bridgehead atoms. The average molecular weight is 287 g/mol. The van der Waals surface area contributed by atoms with Gasteiger partial charge in [-0.25, -0.2) is 0 Å². The second-order valence-corrected chi connectivity index (χ2v) is 5.45. The molecule has 114 valence electrons. The molecule has 0 aliphatic rings. The van der Waals surface area contributed by atoms with Crippen molar-refractivity contribution in [3.8, 4) is 11.3 Å². The molecule has 2 aromatic rings. The van der Waals surface area contributed by atoms with Crippen LogP contribution in [-0.2, 0) is 6.42 Å². The first-order valence-electron chi connectivity index (χ1n) is 7.98. The van der Waals surface area contributed by atoms with Crippen LogP contribution in [0.1, 0.15) is 57.6 Å². The lowest BCUT2D eigenvalue weighted by Gasteiger charge is -2.02. The number of hydrogen-bond donors (Lipinski definition) is 1. The molecule has 4 heteroatoms. The zero-order chi connectivity index (χ0) is 14.9. The van der Waals surface area contributed by atoms with E-state index in [0.717, 1.165) is 29.9 Å². The van der Waals surface area contributed by atoms with E-state index < -0.39 is 0 Å². The first-order chi connectivity index (χ1) is 10.3. The number of aromatic nitrogens is 2. The van der Waals surface area contributed by atoms with Gasteiger partial charge in [0.2, 0.25) is 0 Å². The maximum atomic E-state index is 5.91. The molecule has 0 atom stereocenters. The maximum Gasteiger partial charge on any atom is 0.176 e. The fraction of sp³-hybridized carbons (Fsp3) is 0.529. The highest BCUT2D eigenvalue weighted by Gasteiger charge is 2.16. The van der Waals surface area contributed by atoms with Gasteiger partial charge in [-0.05, 0) is 18.6 Å². The molecule has 2 rings (SSSR count). The van der Waals surface area contributed by atoms with Crippen molar-refractivity contribution >= 4 is 5.82 Å². The molecule has 0 aliphatic heterocycles. The van der Waals surface area contributed by atoms with Gasteiger partial charge in [0.15, 0.2) is 5.82 Å². The maximum absolute atomic E-state index is 5.91. The highest BCUT2D eigenvalue weighted by molar-refractivity contribution is 5.72. The first-order valence-corrected chi connectivity index (χ1v) is 7.98. The number of nitrogen functional groups attached to an aromatic ring is 1. The minimum atomic E-state index is 0.437. The zero-order valence-electron chi connectivity index (χ0n) is 12.8. The number of rotatable bonds is 9. The normalized spacial score (nSPS) is 10.9. The first kappa shape index (κ1) is 15.5. The highest BCUT2D eigenvalue weighted by atomic mass is 16.5. The van der Waals surface area contributed by atoms with Gasteiger partial charge in [-0.15, -0.1) is 0 Å². The molecular formula is C17H25N3O. The Morgan fingerprint density at radius 1 is 1.05 bits per heavy atom. The quantitative estimate of drug-likeness (QED) is 0.684. The topological polar surface area (TPSA) is 64.9 Å². The molecule has 0 fully saturated rings. The van der Waals surface area contributed by atoms with Crippen LogP contribution in [0.3, 0.4) is 0 Å². The third kappa shape index (κ3) is 4.59. The van der Waals surface area contributed by atoms with Crippen LogP contribution in [0.4, 0.5) is 5.82 Å². The fourth-order valence-electron chi connectivity index (χ4n) is 2.54. The predicted molar refractivity (Wildman–Crippen MR) is 85.8 cm³/mol. The largest absolute Gasteiger partial charge is 0.380 e. The van der Waals surface area contributed by atoms with E-state index in [4.69, 9.17) is 10.3 Å². The SMILES string of the molecule is CCCCCCCCCc1onc(N)c1-c1ccccn1. The molecule has 0 aliphatic carbocycles. The number of unbranched alkanes of at least 4 members (excludes halogenated alkanes) is 6. The van der Waals surface area contributed by atoms with Crippen molar-refractivity contribution in [1.29, 1.82) is 0 Å². The molecule has 21 heavy (non-hydrogen) atoms. The summed E-state index contributed by atoms with van der Waals surface area (Å²) in [5, 5.41) is 3.90. The van der Waals surface area contributed by atoms with Crippen LogP contribution < -0.4 is 5.73 Å². The van der Waals surface area contributed by atoms with Gasteiger partial charge < -0.3 is 10.3 Å². The Balaban J connectivity index is 1.84. The number of aryl methyl sites for hydroxylation is 1. The molecule has 2 heterocycles. The molecule has 2 N–H and O–H groups in total. The van der Waals surface area contributed by atoms with Crippen molar-refractivity contribution in [2.45, 2.75) is 58.3 Å². The van der Waals surface area contributed by atoms with E-state index in [0.29, 0.717) is 5.82 Å². The summed E-state index contributed by atoms with van der Waals surface area (Å²) in [4.78, 5) is 4.34. The fourth-order valence-corrected chi connectivity index (χ4v) is 2.54. The summed E-state index contributed by atoms with van der Waals surface area (Å²) in [7, 11) is 0. The summed E-state index contributed by atoms with van der Waals surface area (Å²) in [5.41, 5.74) is 7.62. The lowest BCUT2D eigenvalue weighted by atomic mass is 10.0. The highest BCUT2D eigenvalue weighted by Crippen LogP contribution is 2.29. The summed E-state index contributed by atoms with van der Waals surface area (Å²) in [6, 6.07) is 5.78. The van der Waals surface area contributed by atoms with Crippen molar-refractivity contribution < 1.29 is 4.52 Å². The van der Waals surface area contributed by atoms with E-state index in [1.165, 1.54) is 38.5 Å². The Kier molecular flexibility index (Phi) is 6.25. The van der Waals surface area contributed by atoms with Crippen molar-refractivity contribution in [2.24, 2.45) is 0 Å². The van der Waals surface area contributed by atoms with E-state index in [9.17, 15) is 0 Å². The molecule has 2 aromatic heterocycles. The van der Waals surface area contributed by atoms with Gasteiger partial charge >= 0.3 is 0 Å². The van der Waals surface area contributed by atoms with Gasteiger partial charge in [-0.1, -0.05) is 56.7 Å². The Bertz CT molecular complexity index is 522. The standard InChI is InChI=1S/C17H25N3O/c1-2-3-4-5-6-7-8-12-15-16(17(18)20-21-15)14-11-9-10-13-19-14/h9-11,13H,2-8,12H2,1H3,(H2,18,20). The van der Waals surface area contributed by atoms with Crippen molar-refractivity contribution in [2.75, 3.05) is 5.73 Å². The predicted octanol–water partition coefficient (Wildman–Crippen LogP) is 4.61. The van der Waals surface area contributed by atoms with Crippen LogP contribution in [0.15, 0.2) is 28.9 Å². The number of pyridine rings is 1.